The summed E-state index contributed by atoms with van der Waals surface area (Å²) in [7, 11) is 1.68. The lowest BCUT2D eigenvalue weighted by molar-refractivity contribution is -0.121. The summed E-state index contributed by atoms with van der Waals surface area (Å²) >= 11 is 0. The van der Waals surface area contributed by atoms with E-state index in [0.29, 0.717) is 19.5 Å². The van der Waals surface area contributed by atoms with Gasteiger partial charge in [-0.2, -0.15) is 0 Å². The Balaban J connectivity index is 1.73. The third-order valence-electron chi connectivity index (χ3n) is 5.39. The zero-order valence-corrected chi connectivity index (χ0v) is 15.9. The van der Waals surface area contributed by atoms with E-state index in [1.807, 2.05) is 36.9 Å². The number of rotatable bonds is 3. The second-order valence-corrected chi connectivity index (χ2v) is 7.69. The van der Waals surface area contributed by atoms with Crippen molar-refractivity contribution in [2.24, 2.45) is 0 Å². The molecule has 1 spiro atoms. The molecule has 0 bridgehead atoms. The van der Waals surface area contributed by atoms with Gasteiger partial charge in [0.2, 0.25) is 5.91 Å². The summed E-state index contributed by atoms with van der Waals surface area (Å²) in [5.74, 6) is 1.08. The van der Waals surface area contributed by atoms with Crippen LogP contribution in [0.25, 0.3) is 0 Å². The molecular weight excluding hydrogens is 330 g/mol. The first-order chi connectivity index (χ1) is 12.4. The SMILES string of the molecule is CNC(=O)C[C@H]1CC2(CCN(C(=O)NC(C)C)CC2)Oc2ccccc21. The van der Waals surface area contributed by atoms with Crippen molar-refractivity contribution in [1.82, 2.24) is 15.5 Å². The quantitative estimate of drug-likeness (QED) is 0.872. The van der Waals surface area contributed by atoms with Crippen molar-refractivity contribution in [3.63, 3.8) is 0 Å². The van der Waals surface area contributed by atoms with Gasteiger partial charge in [-0.3, -0.25) is 4.79 Å². The Morgan fingerprint density at radius 3 is 2.62 bits per heavy atom. The molecular formula is C20H29N3O3. The molecule has 2 aliphatic heterocycles. The average molecular weight is 359 g/mol. The molecule has 3 amide bonds. The molecule has 1 aromatic rings. The number of carbonyl (C=O) groups excluding carboxylic acids is 2. The third kappa shape index (κ3) is 3.94. The van der Waals surface area contributed by atoms with Gasteiger partial charge in [0, 0.05) is 51.4 Å². The summed E-state index contributed by atoms with van der Waals surface area (Å²) in [5, 5.41) is 5.69. The van der Waals surface area contributed by atoms with E-state index < -0.39 is 0 Å². The number of fused-ring (bicyclic) bond motifs is 1. The molecule has 6 nitrogen and oxygen atoms in total. The number of nitrogens with zero attached hydrogens (tertiary/aromatic N) is 1. The lowest BCUT2D eigenvalue weighted by Crippen LogP contribution is -2.54. The molecule has 0 saturated carbocycles. The summed E-state index contributed by atoms with van der Waals surface area (Å²) in [6.45, 7) is 5.28. The number of nitrogens with one attached hydrogen (secondary N) is 2. The summed E-state index contributed by atoms with van der Waals surface area (Å²) < 4.78 is 6.42. The number of para-hydroxylation sites is 1. The Labute approximate surface area is 155 Å². The van der Waals surface area contributed by atoms with Crippen LogP contribution in [0.5, 0.6) is 5.75 Å². The minimum atomic E-state index is -0.290. The van der Waals surface area contributed by atoms with Crippen LogP contribution in [-0.4, -0.2) is 48.6 Å². The van der Waals surface area contributed by atoms with E-state index in [-0.39, 0.29) is 29.5 Å². The normalized spacial score (nSPS) is 21.1. The summed E-state index contributed by atoms with van der Waals surface area (Å²) in [6, 6.07) is 8.14. The van der Waals surface area contributed by atoms with Crippen LogP contribution in [-0.2, 0) is 4.79 Å². The van der Waals surface area contributed by atoms with Crippen LogP contribution >= 0.6 is 0 Å². The number of benzene rings is 1. The first kappa shape index (κ1) is 18.5. The van der Waals surface area contributed by atoms with Gasteiger partial charge < -0.3 is 20.3 Å². The van der Waals surface area contributed by atoms with Gasteiger partial charge in [0.1, 0.15) is 11.4 Å². The van der Waals surface area contributed by atoms with Crippen LogP contribution in [0, 0.1) is 0 Å². The van der Waals surface area contributed by atoms with E-state index in [4.69, 9.17) is 4.74 Å². The Hall–Kier alpha value is -2.24. The maximum atomic E-state index is 12.2. The molecule has 3 rings (SSSR count). The van der Waals surface area contributed by atoms with Crippen molar-refractivity contribution in [2.75, 3.05) is 20.1 Å². The van der Waals surface area contributed by atoms with Crippen LogP contribution in [0.15, 0.2) is 24.3 Å². The van der Waals surface area contributed by atoms with Crippen molar-refractivity contribution < 1.29 is 14.3 Å². The minimum Gasteiger partial charge on any atom is -0.487 e. The van der Waals surface area contributed by atoms with Crippen molar-refractivity contribution in [3.8, 4) is 5.75 Å². The van der Waals surface area contributed by atoms with E-state index in [2.05, 4.69) is 16.7 Å². The lowest BCUT2D eigenvalue weighted by atomic mass is 9.76. The zero-order chi connectivity index (χ0) is 18.7. The largest absolute Gasteiger partial charge is 0.487 e. The van der Waals surface area contributed by atoms with Crippen LogP contribution in [0.1, 0.15) is 51.0 Å². The van der Waals surface area contributed by atoms with Crippen LogP contribution < -0.4 is 15.4 Å². The monoisotopic (exact) mass is 359 g/mol. The number of urea groups is 1. The van der Waals surface area contributed by atoms with E-state index in [1.54, 1.807) is 7.05 Å². The minimum absolute atomic E-state index is 0.00651. The number of piperidine rings is 1. The highest BCUT2D eigenvalue weighted by Gasteiger charge is 2.44. The van der Waals surface area contributed by atoms with Crippen molar-refractivity contribution in [1.29, 1.82) is 0 Å². The van der Waals surface area contributed by atoms with E-state index in [9.17, 15) is 9.59 Å². The van der Waals surface area contributed by atoms with Gasteiger partial charge in [0.15, 0.2) is 0 Å². The molecule has 2 aliphatic rings. The van der Waals surface area contributed by atoms with E-state index in [0.717, 1.165) is 30.6 Å². The highest BCUT2D eigenvalue weighted by atomic mass is 16.5. The summed E-state index contributed by atoms with van der Waals surface area (Å²) in [5.41, 5.74) is 0.823. The molecule has 0 aliphatic carbocycles. The number of ether oxygens (including phenoxy) is 1. The second-order valence-electron chi connectivity index (χ2n) is 7.69. The number of hydrogen-bond acceptors (Lipinski definition) is 3. The molecule has 1 atom stereocenters. The maximum absolute atomic E-state index is 12.2. The van der Waals surface area contributed by atoms with Crippen LogP contribution in [0.2, 0.25) is 0 Å². The van der Waals surface area contributed by atoms with Crippen molar-refractivity contribution in [3.05, 3.63) is 29.8 Å². The molecule has 6 heteroatoms. The van der Waals surface area contributed by atoms with E-state index >= 15 is 0 Å². The number of likely N-dealkylation sites (tertiary alicyclic amines) is 1. The topological polar surface area (TPSA) is 70.7 Å². The third-order valence-corrected chi connectivity index (χ3v) is 5.39. The van der Waals surface area contributed by atoms with Gasteiger partial charge in [-0.1, -0.05) is 18.2 Å². The predicted octanol–water partition coefficient (Wildman–Crippen LogP) is 2.64. The van der Waals surface area contributed by atoms with E-state index in [1.165, 1.54) is 0 Å². The first-order valence-electron chi connectivity index (χ1n) is 9.46. The molecule has 142 valence electrons. The number of carbonyl (C=O) groups is 2. The zero-order valence-electron chi connectivity index (χ0n) is 15.9. The fourth-order valence-corrected chi connectivity index (χ4v) is 4.01. The highest BCUT2D eigenvalue weighted by Crippen LogP contribution is 2.46. The first-order valence-corrected chi connectivity index (χ1v) is 9.46. The van der Waals surface area contributed by atoms with Gasteiger partial charge in [-0.05, 0) is 31.9 Å². The summed E-state index contributed by atoms with van der Waals surface area (Å²) in [4.78, 5) is 26.1. The molecule has 0 aromatic heterocycles. The van der Waals surface area contributed by atoms with Gasteiger partial charge in [0.05, 0.1) is 0 Å². The lowest BCUT2D eigenvalue weighted by Gasteiger charge is -2.47. The molecule has 26 heavy (non-hydrogen) atoms. The fraction of sp³-hybridized carbons (Fsp3) is 0.600. The Morgan fingerprint density at radius 2 is 1.96 bits per heavy atom. The molecule has 1 saturated heterocycles. The standard InChI is InChI=1S/C20H29N3O3/c1-14(2)22-19(25)23-10-8-20(9-11-23)13-15(12-18(24)21-3)16-6-4-5-7-17(16)26-20/h4-7,14-15H,8-13H2,1-3H3,(H,21,24)(H,22,25)/t15-/m0/s1. The average Bonchev–Trinajstić information content (AvgIpc) is 2.61. The highest BCUT2D eigenvalue weighted by molar-refractivity contribution is 5.77. The Bertz CT molecular complexity index is 666. The Kier molecular flexibility index (Phi) is 5.39. The molecule has 2 N–H and O–H groups in total. The molecule has 0 unspecified atom stereocenters. The number of hydrogen-bond donors (Lipinski definition) is 2. The van der Waals surface area contributed by atoms with Gasteiger partial charge in [-0.15, -0.1) is 0 Å². The van der Waals surface area contributed by atoms with Gasteiger partial charge in [-0.25, -0.2) is 4.79 Å². The fourth-order valence-electron chi connectivity index (χ4n) is 4.01. The number of amides is 3. The molecule has 0 radical (unpaired) electrons. The summed E-state index contributed by atoms with van der Waals surface area (Å²) in [6.07, 6.45) is 2.86. The van der Waals surface area contributed by atoms with Gasteiger partial charge >= 0.3 is 6.03 Å². The second kappa shape index (κ2) is 7.56. The van der Waals surface area contributed by atoms with Crippen LogP contribution in [0.4, 0.5) is 4.79 Å². The molecule has 1 aromatic carbocycles. The van der Waals surface area contributed by atoms with Crippen molar-refractivity contribution in [2.45, 2.75) is 57.1 Å². The van der Waals surface area contributed by atoms with Gasteiger partial charge in [0.25, 0.3) is 0 Å². The maximum Gasteiger partial charge on any atom is 0.317 e. The molecule has 1 fully saturated rings. The van der Waals surface area contributed by atoms with Crippen molar-refractivity contribution >= 4 is 11.9 Å². The van der Waals surface area contributed by atoms with Crippen LogP contribution in [0.3, 0.4) is 0 Å². The predicted molar refractivity (Wildman–Crippen MR) is 100 cm³/mol. The smallest absolute Gasteiger partial charge is 0.317 e. The Morgan fingerprint density at radius 1 is 1.27 bits per heavy atom. The molecule has 2 heterocycles.